The highest BCUT2D eigenvalue weighted by atomic mass is 19.2. The third kappa shape index (κ3) is 7.90. The van der Waals surface area contributed by atoms with Gasteiger partial charge in [0.05, 0.1) is 20.3 Å². The molecule has 0 bridgehead atoms. The molecule has 2 atom stereocenters. The van der Waals surface area contributed by atoms with Crippen LogP contribution in [0.4, 0.5) is 8.78 Å². The fraction of sp³-hybridized carbons (Fsp3) is 0.818. The Labute approximate surface area is 164 Å². The maximum Gasteiger partial charge on any atom is 0.195 e. The molecule has 0 aromatic rings. The molecule has 5 heteroatoms. The van der Waals surface area contributed by atoms with Crippen LogP contribution in [0, 0.1) is 17.8 Å². The standard InChI is InChI=1S/C22H38F2O3/c1-7-18-9-11-19(12-10-18)14-27-17(5)26-13-15(3)20(8-2)22(24)21(23)16(4)25-6/h15,17-19H,7-14H2,1-6H3/b21-16-,22-20-. The van der Waals surface area contributed by atoms with Crippen LogP contribution in [-0.4, -0.2) is 26.6 Å². The molecule has 2 unspecified atom stereocenters. The SMILES string of the molecule is CC/C(=C(F)\C(F)=C(/C)OC)C(C)COC(C)OCC1CCC(CC)CC1. The second-order valence-electron chi connectivity index (χ2n) is 7.70. The van der Waals surface area contributed by atoms with E-state index in [4.69, 9.17) is 14.2 Å². The number of hydrogen-bond acceptors (Lipinski definition) is 3. The molecule has 1 rings (SSSR count). The Morgan fingerprint density at radius 3 is 2.07 bits per heavy atom. The van der Waals surface area contributed by atoms with Crippen molar-refractivity contribution in [3.05, 3.63) is 23.0 Å². The molecule has 1 fully saturated rings. The van der Waals surface area contributed by atoms with E-state index in [1.807, 2.05) is 20.8 Å². The zero-order valence-corrected chi connectivity index (χ0v) is 17.9. The maximum atomic E-state index is 14.4. The van der Waals surface area contributed by atoms with Crippen LogP contribution in [0.1, 0.15) is 73.1 Å². The molecule has 1 saturated carbocycles. The third-order valence-corrected chi connectivity index (χ3v) is 5.76. The molecule has 0 N–H and O–H groups in total. The molecule has 0 saturated heterocycles. The summed E-state index contributed by atoms with van der Waals surface area (Å²) in [4.78, 5) is 0. The van der Waals surface area contributed by atoms with Crippen molar-refractivity contribution in [1.29, 1.82) is 0 Å². The number of hydrogen-bond donors (Lipinski definition) is 0. The maximum absolute atomic E-state index is 14.4. The molecule has 0 aliphatic heterocycles. The highest BCUT2D eigenvalue weighted by Crippen LogP contribution is 2.31. The molecular weight excluding hydrogens is 350 g/mol. The molecule has 0 spiro atoms. The molecule has 1 aliphatic rings. The van der Waals surface area contributed by atoms with E-state index in [-0.39, 0.29) is 18.0 Å². The van der Waals surface area contributed by atoms with Crippen molar-refractivity contribution in [2.45, 2.75) is 79.4 Å². The van der Waals surface area contributed by atoms with E-state index in [0.717, 1.165) is 5.92 Å². The smallest absolute Gasteiger partial charge is 0.195 e. The van der Waals surface area contributed by atoms with Crippen LogP contribution in [0.2, 0.25) is 0 Å². The predicted molar refractivity (Wildman–Crippen MR) is 106 cm³/mol. The lowest BCUT2D eigenvalue weighted by Crippen LogP contribution is -2.24. The van der Waals surface area contributed by atoms with Gasteiger partial charge in [0, 0.05) is 5.92 Å². The predicted octanol–water partition coefficient (Wildman–Crippen LogP) is 6.70. The van der Waals surface area contributed by atoms with Crippen LogP contribution in [0.5, 0.6) is 0 Å². The zero-order valence-electron chi connectivity index (χ0n) is 17.9. The first-order valence-corrected chi connectivity index (χ1v) is 10.4. The van der Waals surface area contributed by atoms with Crippen molar-refractivity contribution in [3.8, 4) is 0 Å². The Balaban J connectivity index is 2.46. The minimum atomic E-state index is -0.937. The van der Waals surface area contributed by atoms with Gasteiger partial charge in [-0.2, -0.15) is 0 Å². The van der Waals surface area contributed by atoms with Crippen molar-refractivity contribution in [3.63, 3.8) is 0 Å². The molecule has 0 aromatic heterocycles. The van der Waals surface area contributed by atoms with E-state index >= 15 is 0 Å². The van der Waals surface area contributed by atoms with Crippen LogP contribution in [0.3, 0.4) is 0 Å². The molecule has 3 nitrogen and oxygen atoms in total. The van der Waals surface area contributed by atoms with Gasteiger partial charge in [0.25, 0.3) is 0 Å². The Kier molecular flexibility index (Phi) is 11.2. The van der Waals surface area contributed by atoms with Crippen molar-refractivity contribution in [1.82, 2.24) is 0 Å². The summed E-state index contributed by atoms with van der Waals surface area (Å²) in [5.41, 5.74) is 0.397. The first kappa shape index (κ1) is 24.1. The van der Waals surface area contributed by atoms with Crippen LogP contribution in [-0.2, 0) is 14.2 Å². The van der Waals surface area contributed by atoms with Gasteiger partial charge in [-0.05, 0) is 50.5 Å². The molecule has 0 aromatic carbocycles. The highest BCUT2D eigenvalue weighted by Gasteiger charge is 2.22. The fourth-order valence-corrected chi connectivity index (χ4v) is 3.61. The monoisotopic (exact) mass is 388 g/mol. The molecule has 0 heterocycles. The summed E-state index contributed by atoms with van der Waals surface area (Å²) < 4.78 is 44.8. The van der Waals surface area contributed by atoms with Crippen LogP contribution in [0.15, 0.2) is 23.0 Å². The average molecular weight is 389 g/mol. The average Bonchev–Trinajstić information content (AvgIpc) is 2.70. The molecule has 27 heavy (non-hydrogen) atoms. The molecule has 158 valence electrons. The largest absolute Gasteiger partial charge is 0.498 e. The van der Waals surface area contributed by atoms with E-state index in [1.165, 1.54) is 46.1 Å². The number of methoxy groups -OCH3 is 1. The van der Waals surface area contributed by atoms with Crippen LogP contribution < -0.4 is 0 Å². The number of rotatable bonds is 11. The Morgan fingerprint density at radius 1 is 0.963 bits per heavy atom. The first-order chi connectivity index (χ1) is 12.8. The highest BCUT2D eigenvalue weighted by molar-refractivity contribution is 5.28. The van der Waals surface area contributed by atoms with Crippen molar-refractivity contribution >= 4 is 0 Å². The Bertz CT molecular complexity index is 494. The van der Waals surface area contributed by atoms with Gasteiger partial charge in [0.2, 0.25) is 0 Å². The minimum absolute atomic E-state index is 0.0546. The Morgan fingerprint density at radius 2 is 1.56 bits per heavy atom. The van der Waals surface area contributed by atoms with Gasteiger partial charge in [-0.1, -0.05) is 40.0 Å². The number of allylic oxidation sites excluding steroid dienone is 3. The summed E-state index contributed by atoms with van der Waals surface area (Å²) in [7, 11) is 1.33. The van der Waals surface area contributed by atoms with Gasteiger partial charge < -0.3 is 14.2 Å². The summed E-state index contributed by atoms with van der Waals surface area (Å²) in [5.74, 6) is -0.586. The summed E-state index contributed by atoms with van der Waals surface area (Å²) >= 11 is 0. The van der Waals surface area contributed by atoms with Crippen LogP contribution in [0.25, 0.3) is 0 Å². The number of halogens is 2. The lowest BCUT2D eigenvalue weighted by Gasteiger charge is -2.28. The van der Waals surface area contributed by atoms with E-state index in [0.29, 0.717) is 31.1 Å². The molecule has 0 radical (unpaired) electrons. The summed E-state index contributed by atoms with van der Waals surface area (Å²) in [6.07, 6.45) is 6.37. The van der Waals surface area contributed by atoms with Crippen molar-refractivity contribution in [2.24, 2.45) is 17.8 Å². The second kappa shape index (κ2) is 12.5. The molecule has 0 amide bonds. The molecular formula is C22H38F2O3. The Hall–Kier alpha value is -0.940. The molecule has 1 aliphatic carbocycles. The third-order valence-electron chi connectivity index (χ3n) is 5.76. The quantitative estimate of drug-likeness (QED) is 0.224. The summed E-state index contributed by atoms with van der Waals surface area (Å²) in [5, 5.41) is 0. The van der Waals surface area contributed by atoms with Gasteiger partial charge in [0.1, 0.15) is 5.76 Å². The van der Waals surface area contributed by atoms with Crippen LogP contribution >= 0.6 is 0 Å². The first-order valence-electron chi connectivity index (χ1n) is 10.4. The zero-order chi connectivity index (χ0) is 20.4. The topological polar surface area (TPSA) is 27.7 Å². The minimum Gasteiger partial charge on any atom is -0.498 e. The van der Waals surface area contributed by atoms with Gasteiger partial charge in [-0.25, -0.2) is 8.78 Å². The second-order valence-corrected chi connectivity index (χ2v) is 7.70. The summed E-state index contributed by atoms with van der Waals surface area (Å²) in [6.45, 7) is 10.2. The summed E-state index contributed by atoms with van der Waals surface area (Å²) in [6, 6.07) is 0. The van der Waals surface area contributed by atoms with E-state index in [2.05, 4.69) is 6.92 Å². The van der Waals surface area contributed by atoms with Gasteiger partial charge >= 0.3 is 0 Å². The van der Waals surface area contributed by atoms with Crippen molar-refractivity contribution in [2.75, 3.05) is 20.3 Å². The fourth-order valence-electron chi connectivity index (χ4n) is 3.61. The van der Waals surface area contributed by atoms with Gasteiger partial charge in [-0.3, -0.25) is 0 Å². The normalized spacial score (nSPS) is 24.7. The van der Waals surface area contributed by atoms with Gasteiger partial charge in [-0.15, -0.1) is 0 Å². The number of ether oxygens (including phenoxy) is 3. The van der Waals surface area contributed by atoms with E-state index in [9.17, 15) is 8.78 Å². The lowest BCUT2D eigenvalue weighted by atomic mass is 9.81. The van der Waals surface area contributed by atoms with E-state index < -0.39 is 11.7 Å². The van der Waals surface area contributed by atoms with Gasteiger partial charge in [0.15, 0.2) is 17.9 Å². The van der Waals surface area contributed by atoms with Crippen molar-refractivity contribution < 1.29 is 23.0 Å². The van der Waals surface area contributed by atoms with E-state index in [1.54, 1.807) is 0 Å². The lowest BCUT2D eigenvalue weighted by molar-refractivity contribution is -0.145.